The van der Waals surface area contributed by atoms with E-state index in [1.54, 1.807) is 0 Å². The van der Waals surface area contributed by atoms with Gasteiger partial charge in [0, 0.05) is 0 Å². The first-order valence-electron chi connectivity index (χ1n) is 8.02. The summed E-state index contributed by atoms with van der Waals surface area (Å²) in [6.45, 7) is 14.5. The zero-order valence-electron chi connectivity index (χ0n) is 13.3. The minimum absolute atomic E-state index is 0.571. The van der Waals surface area contributed by atoms with E-state index in [2.05, 4.69) is 41.5 Å². The predicted octanol–water partition coefficient (Wildman–Crippen LogP) is 6.45. The van der Waals surface area contributed by atoms with Crippen LogP contribution in [0.25, 0.3) is 0 Å². The van der Waals surface area contributed by atoms with E-state index in [1.165, 1.54) is 51.4 Å². The Balaban J connectivity index is 4.56. The van der Waals surface area contributed by atoms with Gasteiger partial charge in [-0.15, -0.1) is 0 Å². The molecule has 104 valence electrons. The lowest BCUT2D eigenvalue weighted by atomic mass is 9.64. The third kappa shape index (κ3) is 5.44. The molecule has 0 nitrogen and oxygen atoms in total. The molecule has 0 spiro atoms. The molecule has 0 fully saturated rings. The van der Waals surface area contributed by atoms with Crippen LogP contribution in [0.1, 0.15) is 92.9 Å². The van der Waals surface area contributed by atoms with Gasteiger partial charge in [-0.3, -0.25) is 0 Å². The van der Waals surface area contributed by atoms with Crippen molar-refractivity contribution in [1.29, 1.82) is 0 Å². The topological polar surface area (TPSA) is 0 Å². The molecular formula is C17H36. The molecular weight excluding hydrogens is 204 g/mol. The molecule has 3 unspecified atom stereocenters. The molecule has 0 aliphatic rings. The minimum atomic E-state index is 0.571. The predicted molar refractivity (Wildman–Crippen MR) is 80.4 cm³/mol. The van der Waals surface area contributed by atoms with Crippen LogP contribution >= 0.6 is 0 Å². The molecule has 0 saturated heterocycles. The Morgan fingerprint density at radius 3 is 1.76 bits per heavy atom. The highest BCUT2D eigenvalue weighted by atomic mass is 14.4. The van der Waals surface area contributed by atoms with Crippen molar-refractivity contribution in [2.75, 3.05) is 0 Å². The number of unbranched alkanes of at least 4 members (excludes halogenated alkanes) is 2. The first-order valence-corrected chi connectivity index (χ1v) is 8.02. The maximum absolute atomic E-state index is 2.56. The van der Waals surface area contributed by atoms with Gasteiger partial charge in [-0.1, -0.05) is 86.5 Å². The molecule has 0 amide bonds. The van der Waals surface area contributed by atoms with Crippen molar-refractivity contribution in [2.45, 2.75) is 92.9 Å². The summed E-state index contributed by atoms with van der Waals surface area (Å²) in [5.74, 6) is 1.77. The fraction of sp³-hybridized carbons (Fsp3) is 1.00. The minimum Gasteiger partial charge on any atom is -0.0654 e. The van der Waals surface area contributed by atoms with Crippen LogP contribution in [0.5, 0.6) is 0 Å². The monoisotopic (exact) mass is 240 g/mol. The maximum Gasteiger partial charge on any atom is -0.0274 e. The highest BCUT2D eigenvalue weighted by Gasteiger charge is 2.34. The van der Waals surface area contributed by atoms with E-state index in [0.29, 0.717) is 5.41 Å². The van der Waals surface area contributed by atoms with Crippen molar-refractivity contribution in [3.63, 3.8) is 0 Å². The van der Waals surface area contributed by atoms with Crippen LogP contribution in [-0.4, -0.2) is 0 Å². The molecule has 17 heavy (non-hydrogen) atoms. The average molecular weight is 240 g/mol. The standard InChI is InChI=1S/C17H36/c1-7-10-13-16(5)17(6,14-11-8-2)15(4)12-9-3/h15-16H,7-14H2,1-6H3. The van der Waals surface area contributed by atoms with Crippen LogP contribution in [0.15, 0.2) is 0 Å². The molecule has 0 heteroatoms. The summed E-state index contributed by atoms with van der Waals surface area (Å²) in [4.78, 5) is 0. The van der Waals surface area contributed by atoms with Crippen molar-refractivity contribution in [3.05, 3.63) is 0 Å². The van der Waals surface area contributed by atoms with E-state index in [9.17, 15) is 0 Å². The highest BCUT2D eigenvalue weighted by Crippen LogP contribution is 2.44. The van der Waals surface area contributed by atoms with Crippen LogP contribution in [0, 0.1) is 17.3 Å². The number of hydrogen-bond donors (Lipinski definition) is 0. The van der Waals surface area contributed by atoms with Crippen molar-refractivity contribution >= 4 is 0 Å². The van der Waals surface area contributed by atoms with Gasteiger partial charge in [0.25, 0.3) is 0 Å². The fourth-order valence-corrected chi connectivity index (χ4v) is 3.14. The molecule has 0 aromatic carbocycles. The Labute approximate surface area is 111 Å². The molecule has 0 aromatic heterocycles. The third-order valence-electron chi connectivity index (χ3n) is 5.03. The molecule has 0 rings (SSSR count). The van der Waals surface area contributed by atoms with Gasteiger partial charge in [0.1, 0.15) is 0 Å². The van der Waals surface area contributed by atoms with Gasteiger partial charge >= 0.3 is 0 Å². The Bertz CT molecular complexity index is 173. The zero-order chi connectivity index (χ0) is 13.3. The Kier molecular flexibility index (Phi) is 9.00. The van der Waals surface area contributed by atoms with E-state index >= 15 is 0 Å². The van der Waals surface area contributed by atoms with Gasteiger partial charge in [-0.05, 0) is 23.7 Å². The largest absolute Gasteiger partial charge is 0.0654 e. The molecule has 0 saturated carbocycles. The second-order valence-electron chi connectivity index (χ2n) is 6.34. The van der Waals surface area contributed by atoms with E-state index in [1.807, 2.05) is 0 Å². The van der Waals surface area contributed by atoms with Gasteiger partial charge in [0.2, 0.25) is 0 Å². The average Bonchev–Trinajstić information content (AvgIpc) is 2.33. The fourth-order valence-electron chi connectivity index (χ4n) is 3.14. The first kappa shape index (κ1) is 17.0. The third-order valence-corrected chi connectivity index (χ3v) is 5.03. The summed E-state index contributed by atoms with van der Waals surface area (Å²) < 4.78 is 0. The molecule has 0 radical (unpaired) electrons. The van der Waals surface area contributed by atoms with E-state index in [0.717, 1.165) is 11.8 Å². The van der Waals surface area contributed by atoms with Gasteiger partial charge in [-0.25, -0.2) is 0 Å². The Hall–Kier alpha value is 0. The molecule has 3 atom stereocenters. The van der Waals surface area contributed by atoms with Gasteiger partial charge in [0.15, 0.2) is 0 Å². The lowest BCUT2D eigenvalue weighted by Gasteiger charge is -2.42. The molecule has 0 aliphatic heterocycles. The van der Waals surface area contributed by atoms with Crippen LogP contribution in [0.2, 0.25) is 0 Å². The van der Waals surface area contributed by atoms with Crippen LogP contribution in [0.3, 0.4) is 0 Å². The Morgan fingerprint density at radius 1 is 0.765 bits per heavy atom. The van der Waals surface area contributed by atoms with Crippen molar-refractivity contribution < 1.29 is 0 Å². The molecule has 0 aliphatic carbocycles. The van der Waals surface area contributed by atoms with Crippen molar-refractivity contribution in [2.24, 2.45) is 17.3 Å². The lowest BCUT2D eigenvalue weighted by Crippen LogP contribution is -2.32. The summed E-state index contributed by atoms with van der Waals surface area (Å²) in [6.07, 6.45) is 11.1. The van der Waals surface area contributed by atoms with Crippen molar-refractivity contribution in [3.8, 4) is 0 Å². The summed E-state index contributed by atoms with van der Waals surface area (Å²) in [5, 5.41) is 0. The SMILES string of the molecule is CCCCC(C)C(C)(CCCC)C(C)CCC. The Morgan fingerprint density at radius 2 is 1.29 bits per heavy atom. The normalized spacial score (nSPS) is 18.7. The maximum atomic E-state index is 2.56. The van der Waals surface area contributed by atoms with Gasteiger partial charge in [-0.2, -0.15) is 0 Å². The second kappa shape index (κ2) is 9.00. The first-order chi connectivity index (χ1) is 8.02. The van der Waals surface area contributed by atoms with Crippen molar-refractivity contribution in [1.82, 2.24) is 0 Å². The summed E-state index contributed by atoms with van der Waals surface area (Å²) in [6, 6.07) is 0. The molecule has 0 aromatic rings. The smallest absolute Gasteiger partial charge is 0.0274 e. The summed E-state index contributed by atoms with van der Waals surface area (Å²) >= 11 is 0. The molecule has 0 N–H and O–H groups in total. The number of rotatable bonds is 10. The second-order valence-corrected chi connectivity index (χ2v) is 6.34. The summed E-state index contributed by atoms with van der Waals surface area (Å²) in [7, 11) is 0. The molecule has 0 bridgehead atoms. The van der Waals surface area contributed by atoms with Gasteiger partial charge in [0.05, 0.1) is 0 Å². The van der Waals surface area contributed by atoms with E-state index < -0.39 is 0 Å². The van der Waals surface area contributed by atoms with Crippen LogP contribution in [0.4, 0.5) is 0 Å². The zero-order valence-corrected chi connectivity index (χ0v) is 13.3. The van der Waals surface area contributed by atoms with Crippen LogP contribution < -0.4 is 0 Å². The number of hydrogen-bond acceptors (Lipinski definition) is 0. The highest BCUT2D eigenvalue weighted by molar-refractivity contribution is 4.84. The summed E-state index contributed by atoms with van der Waals surface area (Å²) in [5.41, 5.74) is 0.571. The lowest BCUT2D eigenvalue weighted by molar-refractivity contribution is 0.0829. The van der Waals surface area contributed by atoms with Crippen LogP contribution in [-0.2, 0) is 0 Å². The molecule has 0 heterocycles. The van der Waals surface area contributed by atoms with Gasteiger partial charge < -0.3 is 0 Å². The quantitative estimate of drug-likeness (QED) is 0.412. The van der Waals surface area contributed by atoms with E-state index in [-0.39, 0.29) is 0 Å². The van der Waals surface area contributed by atoms with E-state index in [4.69, 9.17) is 0 Å².